The van der Waals surface area contributed by atoms with Gasteiger partial charge in [-0.15, -0.1) is 0 Å². The Balaban J connectivity index is 2.75. The van der Waals surface area contributed by atoms with Gasteiger partial charge in [0.2, 0.25) is 0 Å². The molecule has 0 aromatic heterocycles. The Hall–Kier alpha value is -0.780. The number of hydrogen-bond donors (Lipinski definition) is 1. The Labute approximate surface area is 109 Å². The van der Waals surface area contributed by atoms with Crippen molar-refractivity contribution in [2.24, 2.45) is 5.73 Å². The number of hydrogen-bond acceptors (Lipinski definition) is 2. The van der Waals surface area contributed by atoms with Crippen molar-refractivity contribution in [2.45, 2.75) is 13.0 Å². The maximum atomic E-state index is 12.2. The van der Waals surface area contributed by atoms with Crippen LogP contribution in [-0.2, 0) is 6.54 Å². The Morgan fingerprint density at radius 2 is 2.18 bits per heavy atom. The van der Waals surface area contributed by atoms with Crippen LogP contribution in [0, 0.1) is 0 Å². The van der Waals surface area contributed by atoms with E-state index in [1.54, 1.807) is 25.2 Å². The SMILES string of the molecule is CN(Cc1ccc(C(N)=S)cc1Cl)CC(F)F. The summed E-state index contributed by atoms with van der Waals surface area (Å²) in [5.41, 5.74) is 6.91. The zero-order valence-electron chi connectivity index (χ0n) is 9.29. The normalized spacial score (nSPS) is 11.2. The van der Waals surface area contributed by atoms with Crippen molar-refractivity contribution in [1.82, 2.24) is 4.90 Å². The molecule has 0 unspecified atom stereocenters. The molecule has 1 aromatic carbocycles. The van der Waals surface area contributed by atoms with Crippen LogP contribution >= 0.6 is 23.8 Å². The van der Waals surface area contributed by atoms with Gasteiger partial charge in [0.1, 0.15) is 4.99 Å². The number of alkyl halides is 2. The quantitative estimate of drug-likeness (QED) is 0.840. The van der Waals surface area contributed by atoms with E-state index in [2.05, 4.69) is 0 Å². The first kappa shape index (κ1) is 14.3. The van der Waals surface area contributed by atoms with Crippen molar-refractivity contribution >= 4 is 28.8 Å². The molecule has 6 heteroatoms. The molecule has 0 aliphatic rings. The average molecular weight is 279 g/mol. The number of thiocarbonyl (C=S) groups is 1. The molecule has 2 N–H and O–H groups in total. The van der Waals surface area contributed by atoms with Gasteiger partial charge in [0.05, 0.1) is 6.54 Å². The maximum absolute atomic E-state index is 12.2. The third-order valence-corrected chi connectivity index (χ3v) is 2.82. The summed E-state index contributed by atoms with van der Waals surface area (Å²) in [5, 5.41) is 0.483. The third-order valence-electron chi connectivity index (χ3n) is 2.23. The van der Waals surface area contributed by atoms with Crippen LogP contribution in [-0.4, -0.2) is 29.9 Å². The van der Waals surface area contributed by atoms with Crippen molar-refractivity contribution in [1.29, 1.82) is 0 Å². The maximum Gasteiger partial charge on any atom is 0.251 e. The van der Waals surface area contributed by atoms with Crippen LogP contribution < -0.4 is 5.73 Å². The van der Waals surface area contributed by atoms with Crippen LogP contribution in [0.1, 0.15) is 11.1 Å². The molecule has 0 spiro atoms. The lowest BCUT2D eigenvalue weighted by atomic mass is 10.1. The Morgan fingerprint density at radius 1 is 1.53 bits per heavy atom. The summed E-state index contributed by atoms with van der Waals surface area (Å²) in [6.07, 6.45) is -2.35. The topological polar surface area (TPSA) is 29.3 Å². The molecule has 0 amide bonds. The molecule has 1 aromatic rings. The van der Waals surface area contributed by atoms with E-state index in [-0.39, 0.29) is 11.5 Å². The summed E-state index contributed by atoms with van der Waals surface area (Å²) >= 11 is 10.8. The minimum atomic E-state index is -2.35. The van der Waals surface area contributed by atoms with E-state index in [4.69, 9.17) is 29.6 Å². The molecule has 0 saturated carbocycles. The number of nitrogens with zero attached hydrogens (tertiary/aromatic N) is 1. The molecule has 0 radical (unpaired) electrons. The second kappa shape index (κ2) is 6.23. The minimum absolute atomic E-state index is 0.263. The van der Waals surface area contributed by atoms with Gasteiger partial charge in [0.15, 0.2) is 0 Å². The van der Waals surface area contributed by atoms with Gasteiger partial charge in [-0.3, -0.25) is 4.90 Å². The highest BCUT2D eigenvalue weighted by Gasteiger charge is 2.10. The van der Waals surface area contributed by atoms with Gasteiger partial charge in [-0.05, 0) is 18.7 Å². The second-order valence-corrected chi connectivity index (χ2v) is 4.61. The first-order valence-corrected chi connectivity index (χ1v) is 5.73. The van der Waals surface area contributed by atoms with Gasteiger partial charge < -0.3 is 5.73 Å². The fraction of sp³-hybridized carbons (Fsp3) is 0.364. The third kappa shape index (κ3) is 4.53. The molecule has 1 rings (SSSR count). The van der Waals surface area contributed by atoms with E-state index in [1.807, 2.05) is 0 Å². The zero-order valence-corrected chi connectivity index (χ0v) is 10.9. The second-order valence-electron chi connectivity index (χ2n) is 3.76. The summed E-state index contributed by atoms with van der Waals surface area (Å²) in [6.45, 7) is 0.0775. The number of halogens is 3. The van der Waals surface area contributed by atoms with Gasteiger partial charge in [-0.2, -0.15) is 0 Å². The standard InChI is InChI=1S/C11H13ClF2N2S/c1-16(6-10(13)14)5-8-3-2-7(11(15)17)4-9(8)12/h2-4,10H,5-6H2,1H3,(H2,15,17). The lowest BCUT2D eigenvalue weighted by molar-refractivity contribution is 0.0975. The average Bonchev–Trinajstić information content (AvgIpc) is 2.19. The Kier molecular flexibility index (Phi) is 5.24. The molecule has 0 fully saturated rings. The summed E-state index contributed by atoms with van der Waals surface area (Å²) < 4.78 is 24.3. The van der Waals surface area contributed by atoms with Crippen molar-refractivity contribution in [3.8, 4) is 0 Å². The fourth-order valence-corrected chi connectivity index (χ4v) is 1.79. The van der Waals surface area contributed by atoms with E-state index in [0.29, 0.717) is 17.1 Å². The smallest absolute Gasteiger partial charge is 0.251 e. The Morgan fingerprint density at radius 3 is 2.65 bits per heavy atom. The first-order chi connectivity index (χ1) is 7.90. The lowest BCUT2D eigenvalue weighted by Gasteiger charge is -2.17. The van der Waals surface area contributed by atoms with Gasteiger partial charge in [-0.1, -0.05) is 36.0 Å². The lowest BCUT2D eigenvalue weighted by Crippen LogP contribution is -2.24. The molecule has 0 bridgehead atoms. The molecule has 0 heterocycles. The molecule has 0 atom stereocenters. The van der Waals surface area contributed by atoms with Gasteiger partial charge in [0, 0.05) is 17.1 Å². The predicted molar refractivity (Wildman–Crippen MR) is 69.7 cm³/mol. The van der Waals surface area contributed by atoms with E-state index < -0.39 is 6.43 Å². The van der Waals surface area contributed by atoms with Crippen molar-refractivity contribution in [3.63, 3.8) is 0 Å². The largest absolute Gasteiger partial charge is 0.389 e. The molecular formula is C11H13ClF2N2S. The van der Waals surface area contributed by atoms with Crippen LogP contribution in [0.3, 0.4) is 0 Å². The molecule has 0 aliphatic carbocycles. The van der Waals surface area contributed by atoms with Gasteiger partial charge >= 0.3 is 0 Å². The molecule has 17 heavy (non-hydrogen) atoms. The van der Waals surface area contributed by atoms with Gasteiger partial charge in [0.25, 0.3) is 6.43 Å². The number of nitrogens with two attached hydrogens (primary N) is 1. The van der Waals surface area contributed by atoms with Crippen molar-refractivity contribution < 1.29 is 8.78 Å². The highest BCUT2D eigenvalue weighted by molar-refractivity contribution is 7.80. The zero-order chi connectivity index (χ0) is 13.0. The monoisotopic (exact) mass is 278 g/mol. The van der Waals surface area contributed by atoms with Crippen molar-refractivity contribution in [2.75, 3.05) is 13.6 Å². The minimum Gasteiger partial charge on any atom is -0.389 e. The van der Waals surface area contributed by atoms with E-state index >= 15 is 0 Å². The van der Waals surface area contributed by atoms with Crippen LogP contribution in [0.15, 0.2) is 18.2 Å². The molecule has 0 aliphatic heterocycles. The fourth-order valence-electron chi connectivity index (χ4n) is 1.42. The highest BCUT2D eigenvalue weighted by Crippen LogP contribution is 2.19. The van der Waals surface area contributed by atoms with Crippen molar-refractivity contribution in [3.05, 3.63) is 34.3 Å². The van der Waals surface area contributed by atoms with E-state index in [9.17, 15) is 8.78 Å². The molecule has 94 valence electrons. The van der Waals surface area contributed by atoms with Crippen LogP contribution in [0.25, 0.3) is 0 Å². The van der Waals surface area contributed by atoms with Crippen LogP contribution in [0.5, 0.6) is 0 Å². The molecule has 2 nitrogen and oxygen atoms in total. The van der Waals surface area contributed by atoms with E-state index in [1.165, 1.54) is 4.90 Å². The number of benzene rings is 1. The summed E-state index contributed by atoms with van der Waals surface area (Å²) in [7, 11) is 1.62. The highest BCUT2D eigenvalue weighted by atomic mass is 35.5. The van der Waals surface area contributed by atoms with Crippen LogP contribution in [0.4, 0.5) is 8.78 Å². The summed E-state index contributed by atoms with van der Waals surface area (Å²) in [6, 6.07) is 5.13. The predicted octanol–water partition coefficient (Wildman–Crippen LogP) is 2.67. The number of rotatable bonds is 5. The van der Waals surface area contributed by atoms with Crippen LogP contribution in [0.2, 0.25) is 5.02 Å². The summed E-state index contributed by atoms with van der Waals surface area (Å²) in [4.78, 5) is 1.77. The Bertz CT molecular complexity index is 412. The van der Waals surface area contributed by atoms with Gasteiger partial charge in [-0.25, -0.2) is 8.78 Å². The molecule has 0 saturated heterocycles. The van der Waals surface area contributed by atoms with E-state index in [0.717, 1.165) is 5.56 Å². The first-order valence-electron chi connectivity index (χ1n) is 4.95. The molecular weight excluding hydrogens is 266 g/mol. The summed E-state index contributed by atoms with van der Waals surface area (Å²) in [5.74, 6) is 0.